The molecule has 3 N–H and O–H groups in total. The molecule has 3 aromatic rings. The zero-order valence-electron chi connectivity index (χ0n) is 24.1. The standard InChI is InChI=1S/C36H36ClN3O3/c37-32-13-7-12-28(20-32)34-15-8-16-40(34)35(42)31-18-27(17-30(19-31)33-14-6-2-5-11-29(33)22-38)23-43-25-36(39,24-41)21-26-9-3-1-4-10-26/h1-5,7,9-14,17-20,34,41H,6,8,15-16,21,23-25,39H2. The van der Waals surface area contributed by atoms with Gasteiger partial charge in [-0.1, -0.05) is 72.3 Å². The second-order valence-corrected chi connectivity index (χ2v) is 11.7. The predicted octanol–water partition coefficient (Wildman–Crippen LogP) is 6.56. The van der Waals surface area contributed by atoms with Gasteiger partial charge >= 0.3 is 0 Å². The number of nitrogens with zero attached hydrogens (tertiary/aromatic N) is 2. The van der Waals surface area contributed by atoms with Crippen LogP contribution in [0.5, 0.6) is 0 Å². The summed E-state index contributed by atoms with van der Waals surface area (Å²) >= 11 is 6.29. The summed E-state index contributed by atoms with van der Waals surface area (Å²) in [6, 6.07) is 25.4. The van der Waals surface area contributed by atoms with Crippen LogP contribution in [0.15, 0.2) is 103 Å². The van der Waals surface area contributed by atoms with E-state index in [1.807, 2.05) is 95.9 Å². The highest BCUT2D eigenvalue weighted by atomic mass is 35.5. The molecule has 43 heavy (non-hydrogen) atoms. The molecule has 220 valence electrons. The molecule has 0 bridgehead atoms. The fourth-order valence-corrected chi connectivity index (χ4v) is 6.02. The average molecular weight is 594 g/mol. The minimum Gasteiger partial charge on any atom is -0.394 e. The summed E-state index contributed by atoms with van der Waals surface area (Å²) in [6.45, 7) is 0.733. The van der Waals surface area contributed by atoms with Crippen LogP contribution in [0.25, 0.3) is 5.57 Å². The van der Waals surface area contributed by atoms with E-state index in [9.17, 15) is 15.2 Å². The molecule has 1 saturated heterocycles. The van der Waals surface area contributed by atoms with Crippen LogP contribution in [0.4, 0.5) is 0 Å². The summed E-state index contributed by atoms with van der Waals surface area (Å²) in [7, 11) is 0. The quantitative estimate of drug-likeness (QED) is 0.277. The molecule has 6 nitrogen and oxygen atoms in total. The molecule has 1 fully saturated rings. The summed E-state index contributed by atoms with van der Waals surface area (Å²) in [4.78, 5) is 16.0. The van der Waals surface area contributed by atoms with E-state index in [2.05, 4.69) is 6.07 Å². The van der Waals surface area contributed by atoms with Crippen molar-refractivity contribution < 1.29 is 14.6 Å². The summed E-state index contributed by atoms with van der Waals surface area (Å²) in [5, 5.41) is 20.6. The number of allylic oxidation sites excluding steroid dienone is 6. The van der Waals surface area contributed by atoms with Gasteiger partial charge in [-0.15, -0.1) is 0 Å². The molecule has 2 unspecified atom stereocenters. The number of carbonyl (C=O) groups excluding carboxylic acids is 1. The first-order valence-electron chi connectivity index (χ1n) is 14.6. The Morgan fingerprint density at radius 1 is 1.12 bits per heavy atom. The van der Waals surface area contributed by atoms with Gasteiger partial charge < -0.3 is 20.5 Å². The number of benzene rings is 3. The first kappa shape index (κ1) is 30.5. The molecule has 2 aliphatic rings. The number of likely N-dealkylation sites (tertiary alicyclic amines) is 1. The summed E-state index contributed by atoms with van der Waals surface area (Å²) in [5.41, 5.74) is 11.0. The number of carbonyl (C=O) groups is 1. The molecule has 0 radical (unpaired) electrons. The van der Waals surface area contributed by atoms with Crippen LogP contribution in [0.3, 0.4) is 0 Å². The number of hydrogen-bond acceptors (Lipinski definition) is 5. The lowest BCUT2D eigenvalue weighted by Crippen LogP contribution is -2.50. The lowest BCUT2D eigenvalue weighted by molar-refractivity contribution is 0.0457. The minimum atomic E-state index is -0.955. The van der Waals surface area contributed by atoms with E-state index < -0.39 is 5.54 Å². The number of nitriles is 1. The van der Waals surface area contributed by atoms with Gasteiger partial charge in [0.05, 0.1) is 43.0 Å². The van der Waals surface area contributed by atoms with Crippen molar-refractivity contribution in [1.29, 1.82) is 5.26 Å². The van der Waals surface area contributed by atoms with Crippen molar-refractivity contribution in [1.82, 2.24) is 4.90 Å². The molecule has 0 aromatic heterocycles. The molecule has 3 aromatic carbocycles. The molecule has 0 spiro atoms. The molecule has 1 aliphatic carbocycles. The maximum atomic E-state index is 14.1. The highest BCUT2D eigenvalue weighted by Gasteiger charge is 2.31. The van der Waals surface area contributed by atoms with Crippen LogP contribution in [0.2, 0.25) is 5.02 Å². The van der Waals surface area contributed by atoms with Crippen molar-refractivity contribution in [2.45, 2.75) is 43.9 Å². The van der Waals surface area contributed by atoms with Crippen molar-refractivity contribution >= 4 is 23.1 Å². The first-order chi connectivity index (χ1) is 20.9. The number of amides is 1. The topological polar surface area (TPSA) is 99.6 Å². The third-order valence-corrected chi connectivity index (χ3v) is 8.17. The van der Waals surface area contributed by atoms with Gasteiger partial charge in [0.1, 0.15) is 0 Å². The summed E-state index contributed by atoms with van der Waals surface area (Å²) in [6.07, 6.45) is 10.6. The highest BCUT2D eigenvalue weighted by molar-refractivity contribution is 6.30. The Hall–Kier alpha value is -3.99. The number of aliphatic hydroxyl groups is 1. The maximum absolute atomic E-state index is 14.1. The number of aliphatic hydroxyl groups excluding tert-OH is 1. The van der Waals surface area contributed by atoms with E-state index >= 15 is 0 Å². The Morgan fingerprint density at radius 3 is 2.72 bits per heavy atom. The molecule has 2 atom stereocenters. The monoisotopic (exact) mass is 593 g/mol. The van der Waals surface area contributed by atoms with Gasteiger partial charge in [0.25, 0.3) is 5.91 Å². The van der Waals surface area contributed by atoms with E-state index in [-0.39, 0.29) is 31.8 Å². The van der Waals surface area contributed by atoms with Crippen molar-refractivity contribution in [2.75, 3.05) is 19.8 Å². The van der Waals surface area contributed by atoms with Gasteiger partial charge in [-0.3, -0.25) is 4.79 Å². The van der Waals surface area contributed by atoms with Gasteiger partial charge in [-0.2, -0.15) is 5.26 Å². The van der Waals surface area contributed by atoms with E-state index in [1.54, 1.807) is 6.08 Å². The zero-order valence-corrected chi connectivity index (χ0v) is 24.8. The van der Waals surface area contributed by atoms with Crippen molar-refractivity contribution in [2.24, 2.45) is 5.73 Å². The van der Waals surface area contributed by atoms with E-state index in [0.29, 0.717) is 35.5 Å². The second kappa shape index (κ2) is 14.0. The van der Waals surface area contributed by atoms with Crippen LogP contribution < -0.4 is 5.73 Å². The van der Waals surface area contributed by atoms with Crippen molar-refractivity contribution in [3.63, 3.8) is 0 Å². The largest absolute Gasteiger partial charge is 0.394 e. The molecule has 5 rings (SSSR count). The molecule has 7 heteroatoms. The number of ether oxygens (including phenoxy) is 1. The van der Waals surface area contributed by atoms with Gasteiger partial charge in [-0.05, 0) is 89.9 Å². The van der Waals surface area contributed by atoms with E-state index in [1.165, 1.54) is 0 Å². The lowest BCUT2D eigenvalue weighted by Gasteiger charge is -2.27. The van der Waals surface area contributed by atoms with Crippen LogP contribution in [-0.2, 0) is 17.8 Å². The molecule has 1 heterocycles. The summed E-state index contributed by atoms with van der Waals surface area (Å²) < 4.78 is 6.10. The average Bonchev–Trinajstić information content (AvgIpc) is 3.39. The van der Waals surface area contributed by atoms with E-state index in [0.717, 1.165) is 40.7 Å². The fourth-order valence-electron chi connectivity index (χ4n) is 5.82. The third-order valence-electron chi connectivity index (χ3n) is 7.94. The molecule has 0 saturated carbocycles. The lowest BCUT2D eigenvalue weighted by atomic mass is 9.93. The zero-order chi connectivity index (χ0) is 30.2. The Labute approximate surface area is 258 Å². The highest BCUT2D eigenvalue weighted by Crippen LogP contribution is 2.35. The predicted molar refractivity (Wildman–Crippen MR) is 170 cm³/mol. The smallest absolute Gasteiger partial charge is 0.254 e. The SMILES string of the molecule is N#CC1=CC=CCC=C1c1cc(COCC(N)(CO)Cc2ccccc2)cc(C(=O)N2CCCC2c2cccc(Cl)c2)c1. The fraction of sp³-hybridized carbons (Fsp3) is 0.278. The van der Waals surface area contributed by atoms with Gasteiger partial charge in [0.15, 0.2) is 0 Å². The minimum absolute atomic E-state index is 0.0641. The number of hydrogen-bond donors (Lipinski definition) is 2. The second-order valence-electron chi connectivity index (χ2n) is 11.3. The van der Waals surface area contributed by atoms with Gasteiger partial charge in [-0.25, -0.2) is 0 Å². The Balaban J connectivity index is 1.43. The Morgan fingerprint density at radius 2 is 1.95 bits per heavy atom. The van der Waals surface area contributed by atoms with Crippen LogP contribution in [-0.4, -0.2) is 41.2 Å². The van der Waals surface area contributed by atoms with Gasteiger partial charge in [0, 0.05) is 17.1 Å². The third kappa shape index (κ3) is 7.51. The molecule has 1 amide bonds. The Bertz CT molecular complexity index is 1590. The van der Waals surface area contributed by atoms with Crippen LogP contribution >= 0.6 is 11.6 Å². The number of nitrogens with two attached hydrogens (primary N) is 1. The first-order valence-corrected chi connectivity index (χ1v) is 15.0. The van der Waals surface area contributed by atoms with Crippen molar-refractivity contribution in [3.8, 4) is 6.07 Å². The normalized spacial score (nSPS) is 17.9. The van der Waals surface area contributed by atoms with Crippen LogP contribution in [0.1, 0.15) is 57.9 Å². The van der Waals surface area contributed by atoms with Crippen molar-refractivity contribution in [3.05, 3.63) is 136 Å². The summed E-state index contributed by atoms with van der Waals surface area (Å²) in [5.74, 6) is -0.0759. The van der Waals surface area contributed by atoms with Gasteiger partial charge in [0.2, 0.25) is 0 Å². The number of halogens is 1. The van der Waals surface area contributed by atoms with Crippen LogP contribution in [0, 0.1) is 11.3 Å². The maximum Gasteiger partial charge on any atom is 0.254 e. The number of rotatable bonds is 10. The molecular weight excluding hydrogens is 558 g/mol. The van der Waals surface area contributed by atoms with E-state index in [4.69, 9.17) is 22.1 Å². The Kier molecular flexibility index (Phi) is 9.91. The molecule has 1 aliphatic heterocycles. The molecular formula is C36H36ClN3O3.